The first-order valence-electron chi connectivity index (χ1n) is 9.06. The molecule has 1 aliphatic rings. The van der Waals surface area contributed by atoms with Crippen LogP contribution in [-0.4, -0.2) is 35.4 Å². The second kappa shape index (κ2) is 7.71. The number of rotatable bonds is 5. The third kappa shape index (κ3) is 3.97. The maximum atomic E-state index is 13.0. The van der Waals surface area contributed by atoms with E-state index in [0.29, 0.717) is 34.8 Å². The van der Waals surface area contributed by atoms with Crippen LogP contribution >= 0.6 is 11.6 Å². The molecule has 1 saturated heterocycles. The zero-order valence-corrected chi connectivity index (χ0v) is 17.1. The molecule has 1 aromatic carbocycles. The van der Waals surface area contributed by atoms with E-state index in [1.165, 1.54) is 0 Å². The van der Waals surface area contributed by atoms with Gasteiger partial charge < -0.3 is 4.57 Å². The number of piperidine rings is 1. The highest BCUT2D eigenvalue weighted by Gasteiger charge is 2.30. The van der Waals surface area contributed by atoms with E-state index in [2.05, 4.69) is 23.4 Å². The van der Waals surface area contributed by atoms with Crippen molar-refractivity contribution < 1.29 is 8.42 Å². The summed E-state index contributed by atoms with van der Waals surface area (Å²) in [5.74, 6) is 1.94. The maximum absolute atomic E-state index is 13.0. The van der Waals surface area contributed by atoms with Gasteiger partial charge in [0.05, 0.1) is 4.90 Å². The second-order valence-corrected chi connectivity index (χ2v) is 9.69. The van der Waals surface area contributed by atoms with Crippen LogP contribution in [-0.2, 0) is 16.6 Å². The first kappa shape index (κ1) is 19.4. The van der Waals surface area contributed by atoms with Crippen LogP contribution in [0, 0.1) is 12.8 Å². The molecule has 2 heterocycles. The summed E-state index contributed by atoms with van der Waals surface area (Å²) in [5.41, 5.74) is 0.733. The number of benzene rings is 1. The highest BCUT2D eigenvalue weighted by atomic mass is 35.5. The molecular formula is C19H26ClN3O2S. The Morgan fingerprint density at radius 3 is 2.62 bits per heavy atom. The largest absolute Gasteiger partial charge is 0.334 e. The van der Waals surface area contributed by atoms with Crippen LogP contribution in [0.2, 0.25) is 5.02 Å². The van der Waals surface area contributed by atoms with Crippen molar-refractivity contribution in [3.8, 4) is 0 Å². The van der Waals surface area contributed by atoms with Crippen molar-refractivity contribution >= 4 is 21.6 Å². The van der Waals surface area contributed by atoms with Crippen LogP contribution in [0.1, 0.15) is 44.0 Å². The number of halogens is 1. The van der Waals surface area contributed by atoms with Gasteiger partial charge in [-0.25, -0.2) is 13.4 Å². The van der Waals surface area contributed by atoms with Crippen molar-refractivity contribution in [3.63, 3.8) is 0 Å². The van der Waals surface area contributed by atoms with E-state index >= 15 is 0 Å². The molecule has 1 aliphatic heterocycles. The molecule has 1 aromatic heterocycles. The molecule has 142 valence electrons. The number of hydrogen-bond donors (Lipinski definition) is 0. The van der Waals surface area contributed by atoms with Gasteiger partial charge in [-0.3, -0.25) is 0 Å². The molecule has 0 unspecified atom stereocenters. The van der Waals surface area contributed by atoms with Gasteiger partial charge in [-0.05, 0) is 43.4 Å². The fraction of sp³-hybridized carbons (Fsp3) is 0.526. The summed E-state index contributed by atoms with van der Waals surface area (Å²) < 4.78 is 29.8. The van der Waals surface area contributed by atoms with E-state index in [-0.39, 0.29) is 0 Å². The van der Waals surface area contributed by atoms with E-state index in [0.717, 1.165) is 30.8 Å². The predicted molar refractivity (Wildman–Crippen MR) is 104 cm³/mol. The van der Waals surface area contributed by atoms with Gasteiger partial charge in [0.25, 0.3) is 0 Å². The lowest BCUT2D eigenvalue weighted by Crippen LogP contribution is -2.39. The monoisotopic (exact) mass is 395 g/mol. The normalized spacial score (nSPS) is 17.1. The average molecular weight is 396 g/mol. The molecule has 2 aromatic rings. The third-order valence-corrected chi connectivity index (χ3v) is 7.34. The fourth-order valence-corrected chi connectivity index (χ4v) is 5.53. The lowest BCUT2D eigenvalue weighted by molar-refractivity contribution is 0.251. The third-order valence-electron chi connectivity index (χ3n) is 5.06. The summed E-state index contributed by atoms with van der Waals surface area (Å²) in [6.45, 7) is 8.08. The van der Waals surface area contributed by atoms with Gasteiger partial charge in [0, 0.05) is 43.0 Å². The van der Waals surface area contributed by atoms with Gasteiger partial charge >= 0.3 is 0 Å². The minimum absolute atomic E-state index is 0.320. The van der Waals surface area contributed by atoms with Crippen molar-refractivity contribution in [2.45, 2.75) is 51.0 Å². The molecule has 0 amide bonds. The van der Waals surface area contributed by atoms with Crippen LogP contribution < -0.4 is 0 Å². The minimum Gasteiger partial charge on any atom is -0.334 e. The summed E-state index contributed by atoms with van der Waals surface area (Å²) >= 11 is 6.01. The summed E-state index contributed by atoms with van der Waals surface area (Å²) in [5, 5.41) is 0.449. The maximum Gasteiger partial charge on any atom is 0.243 e. The van der Waals surface area contributed by atoms with E-state index in [9.17, 15) is 8.42 Å². The number of sulfonamides is 1. The summed E-state index contributed by atoms with van der Waals surface area (Å²) in [6, 6.07) is 5.03. The van der Waals surface area contributed by atoms with Crippen molar-refractivity contribution in [2.24, 2.45) is 5.92 Å². The lowest BCUT2D eigenvalue weighted by Gasteiger charge is -2.32. The highest BCUT2D eigenvalue weighted by molar-refractivity contribution is 7.89. The first-order chi connectivity index (χ1) is 12.3. The summed E-state index contributed by atoms with van der Waals surface area (Å²) in [7, 11) is -3.49. The van der Waals surface area contributed by atoms with Gasteiger partial charge in [-0.2, -0.15) is 4.31 Å². The van der Waals surface area contributed by atoms with Crippen LogP contribution in [0.25, 0.3) is 0 Å². The lowest BCUT2D eigenvalue weighted by atomic mass is 9.98. The standard InChI is InChI=1S/C19H26ClN3O2S/c1-14(2)19-21-8-11-22(19)13-16-6-9-23(10-7-16)26(24,25)18-12-17(20)5-4-15(18)3/h4-5,8,11-12,14,16H,6-7,9-10,13H2,1-3H3. The number of aromatic nitrogens is 2. The summed E-state index contributed by atoms with van der Waals surface area (Å²) in [6.07, 6.45) is 5.58. The molecule has 5 nitrogen and oxygen atoms in total. The second-order valence-electron chi connectivity index (χ2n) is 7.35. The molecule has 0 saturated carbocycles. The van der Waals surface area contributed by atoms with Gasteiger partial charge in [-0.1, -0.05) is 31.5 Å². The molecule has 0 aliphatic carbocycles. The van der Waals surface area contributed by atoms with Crippen molar-refractivity contribution in [1.82, 2.24) is 13.9 Å². The first-order valence-corrected chi connectivity index (χ1v) is 10.9. The van der Waals surface area contributed by atoms with E-state index < -0.39 is 10.0 Å². The topological polar surface area (TPSA) is 55.2 Å². The molecule has 0 radical (unpaired) electrons. The van der Waals surface area contributed by atoms with Gasteiger partial charge in [-0.15, -0.1) is 0 Å². The number of nitrogens with zero attached hydrogens (tertiary/aromatic N) is 3. The molecule has 0 bridgehead atoms. The Hall–Kier alpha value is -1.37. The zero-order chi connectivity index (χ0) is 18.9. The Bertz CT molecular complexity index is 869. The highest BCUT2D eigenvalue weighted by Crippen LogP contribution is 2.28. The van der Waals surface area contributed by atoms with Crippen LogP contribution in [0.3, 0.4) is 0 Å². The van der Waals surface area contributed by atoms with Crippen LogP contribution in [0.15, 0.2) is 35.5 Å². The molecule has 1 fully saturated rings. The average Bonchev–Trinajstić information content (AvgIpc) is 3.06. The SMILES string of the molecule is Cc1ccc(Cl)cc1S(=O)(=O)N1CCC(Cn2ccnc2C(C)C)CC1. The Kier molecular flexibility index (Phi) is 5.75. The molecule has 0 N–H and O–H groups in total. The molecule has 26 heavy (non-hydrogen) atoms. The molecule has 3 rings (SSSR count). The van der Waals surface area contributed by atoms with Gasteiger partial charge in [0.2, 0.25) is 10.0 Å². The van der Waals surface area contributed by atoms with E-state index in [1.807, 2.05) is 19.3 Å². The summed E-state index contributed by atoms with van der Waals surface area (Å²) in [4.78, 5) is 4.76. The van der Waals surface area contributed by atoms with Crippen LogP contribution in [0.4, 0.5) is 0 Å². The Balaban J connectivity index is 1.68. The van der Waals surface area contributed by atoms with Crippen LogP contribution in [0.5, 0.6) is 0 Å². The molecule has 0 atom stereocenters. The van der Waals surface area contributed by atoms with Crippen molar-refractivity contribution in [3.05, 3.63) is 47.0 Å². The van der Waals surface area contributed by atoms with E-state index in [4.69, 9.17) is 11.6 Å². The Morgan fingerprint density at radius 2 is 1.96 bits per heavy atom. The smallest absolute Gasteiger partial charge is 0.243 e. The van der Waals surface area contributed by atoms with Crippen molar-refractivity contribution in [1.29, 1.82) is 0 Å². The molecular weight excluding hydrogens is 370 g/mol. The quantitative estimate of drug-likeness (QED) is 0.766. The minimum atomic E-state index is -3.49. The zero-order valence-electron chi connectivity index (χ0n) is 15.5. The molecule has 7 heteroatoms. The van der Waals surface area contributed by atoms with Gasteiger partial charge in [0.15, 0.2) is 0 Å². The Morgan fingerprint density at radius 1 is 1.27 bits per heavy atom. The predicted octanol–water partition coefficient (Wildman–Crippen LogP) is 4.07. The molecule has 0 spiro atoms. The fourth-order valence-electron chi connectivity index (χ4n) is 3.58. The van der Waals surface area contributed by atoms with Gasteiger partial charge in [0.1, 0.15) is 5.82 Å². The number of imidazole rings is 1. The Labute approximate surface area is 161 Å². The van der Waals surface area contributed by atoms with E-state index in [1.54, 1.807) is 22.5 Å². The van der Waals surface area contributed by atoms with Crippen molar-refractivity contribution in [2.75, 3.05) is 13.1 Å². The number of hydrogen-bond acceptors (Lipinski definition) is 3. The number of aryl methyl sites for hydroxylation is 1.